The van der Waals surface area contributed by atoms with Crippen molar-refractivity contribution in [3.05, 3.63) is 48.6 Å². The van der Waals surface area contributed by atoms with Gasteiger partial charge in [-0.2, -0.15) is 0 Å². The fraction of sp³-hybridized carbons (Fsp3) is 0.545. The van der Waals surface area contributed by atoms with Crippen LogP contribution in [0.4, 0.5) is 0 Å². The van der Waals surface area contributed by atoms with Crippen LogP contribution in [-0.2, 0) is 14.3 Å². The Balaban J connectivity index is 4.02. The molecule has 2 atom stereocenters. The molecule has 0 aromatic heterocycles. The van der Waals surface area contributed by atoms with E-state index in [9.17, 15) is 9.59 Å². The smallest absolute Gasteiger partial charge is 0.302 e. The van der Waals surface area contributed by atoms with Gasteiger partial charge in [0.2, 0.25) is 5.91 Å². The van der Waals surface area contributed by atoms with Gasteiger partial charge in [0.15, 0.2) is 0 Å². The van der Waals surface area contributed by atoms with Gasteiger partial charge in [-0.3, -0.25) is 9.59 Å². The normalized spacial score (nSPS) is 14.5. The van der Waals surface area contributed by atoms with E-state index < -0.39 is 0 Å². The average Bonchev–Trinajstić information content (AvgIpc) is 2.57. The zero-order valence-electron chi connectivity index (χ0n) is 16.7. The third-order valence-electron chi connectivity index (χ3n) is 3.64. The van der Waals surface area contributed by atoms with Crippen molar-refractivity contribution in [3.63, 3.8) is 0 Å². The second kappa shape index (κ2) is 16.4. The number of hydrogen-bond donors (Lipinski definition) is 1. The summed E-state index contributed by atoms with van der Waals surface area (Å²) in [4.78, 5) is 22.4. The van der Waals surface area contributed by atoms with Gasteiger partial charge < -0.3 is 10.1 Å². The largest absolute Gasteiger partial charge is 0.460 e. The Kier molecular flexibility index (Phi) is 15.1. The first-order valence-corrected chi connectivity index (χ1v) is 9.51. The second-order valence-electron chi connectivity index (χ2n) is 6.22. The van der Waals surface area contributed by atoms with Crippen molar-refractivity contribution in [2.45, 2.75) is 78.4 Å². The Hall–Kier alpha value is -2.10. The molecule has 0 bridgehead atoms. The Labute approximate surface area is 159 Å². The zero-order valence-corrected chi connectivity index (χ0v) is 16.7. The van der Waals surface area contributed by atoms with Gasteiger partial charge in [0.05, 0.1) is 6.04 Å². The van der Waals surface area contributed by atoms with Crippen LogP contribution in [0, 0.1) is 0 Å². The number of nitrogens with one attached hydrogen (secondary N) is 1. The summed E-state index contributed by atoms with van der Waals surface area (Å²) in [5.41, 5.74) is 0. The molecule has 0 saturated carbocycles. The highest BCUT2D eigenvalue weighted by Gasteiger charge is 2.20. The van der Waals surface area contributed by atoms with Crippen LogP contribution in [0.15, 0.2) is 48.6 Å². The van der Waals surface area contributed by atoms with Crippen LogP contribution in [0.2, 0.25) is 0 Å². The summed E-state index contributed by atoms with van der Waals surface area (Å²) in [6.45, 7) is 6.84. The van der Waals surface area contributed by atoms with Gasteiger partial charge in [-0.25, -0.2) is 0 Å². The summed E-state index contributed by atoms with van der Waals surface area (Å²) < 4.78 is 5.31. The van der Waals surface area contributed by atoms with Gasteiger partial charge in [0.25, 0.3) is 0 Å². The van der Waals surface area contributed by atoms with E-state index in [1.807, 2.05) is 6.92 Å². The molecule has 2 unspecified atom stereocenters. The predicted octanol–water partition coefficient (Wildman–Crippen LogP) is 5.03. The first-order valence-electron chi connectivity index (χ1n) is 9.51. The molecule has 0 rings (SSSR count). The van der Waals surface area contributed by atoms with Gasteiger partial charge in [-0.1, -0.05) is 55.5 Å². The van der Waals surface area contributed by atoms with Gasteiger partial charge in [0.1, 0.15) is 6.10 Å². The lowest BCUT2D eigenvalue weighted by molar-refractivity contribution is -0.148. The maximum absolute atomic E-state index is 11.2. The van der Waals surface area contributed by atoms with Gasteiger partial charge in [-0.05, 0) is 45.4 Å². The molecule has 0 fully saturated rings. The topological polar surface area (TPSA) is 55.4 Å². The highest BCUT2D eigenvalue weighted by atomic mass is 16.5. The molecule has 0 heterocycles. The monoisotopic (exact) mass is 361 g/mol. The number of hydrogen-bond acceptors (Lipinski definition) is 3. The van der Waals surface area contributed by atoms with E-state index in [2.05, 4.69) is 60.8 Å². The first kappa shape index (κ1) is 23.9. The number of carbonyl (C=O) groups excluding carboxylic acids is 2. The van der Waals surface area contributed by atoms with E-state index in [1.54, 1.807) is 0 Å². The molecule has 4 heteroatoms. The highest BCUT2D eigenvalue weighted by molar-refractivity contribution is 5.73. The summed E-state index contributed by atoms with van der Waals surface area (Å²) in [6, 6.07) is -0.191. The van der Waals surface area contributed by atoms with Crippen LogP contribution in [0.3, 0.4) is 0 Å². The van der Waals surface area contributed by atoms with Crippen molar-refractivity contribution in [2.75, 3.05) is 0 Å². The molecule has 4 nitrogen and oxygen atoms in total. The van der Waals surface area contributed by atoms with Crippen molar-refractivity contribution < 1.29 is 14.3 Å². The predicted molar refractivity (Wildman–Crippen MR) is 109 cm³/mol. The molecule has 0 radical (unpaired) electrons. The standard InChI is InChI=1S/C22H35NO3/c1-5-6-7-8-9-10-11-12-13-14-15-16-17-18-22(26-21(4)25)19(2)23-20(3)24/h6-7,9-10,12-13,15-16,19,22H,5,8,11,14,17-18H2,1-4H3,(H,23,24). The zero-order chi connectivity index (χ0) is 19.6. The fourth-order valence-electron chi connectivity index (χ4n) is 2.40. The Morgan fingerprint density at radius 3 is 1.85 bits per heavy atom. The lowest BCUT2D eigenvalue weighted by Gasteiger charge is -2.23. The second-order valence-corrected chi connectivity index (χ2v) is 6.22. The van der Waals surface area contributed by atoms with E-state index in [-0.39, 0.29) is 24.0 Å². The van der Waals surface area contributed by atoms with Crippen molar-refractivity contribution in [3.8, 4) is 0 Å². The van der Waals surface area contributed by atoms with E-state index >= 15 is 0 Å². The highest BCUT2D eigenvalue weighted by Crippen LogP contribution is 2.09. The lowest BCUT2D eigenvalue weighted by atomic mass is 10.1. The molecule has 146 valence electrons. The van der Waals surface area contributed by atoms with Crippen molar-refractivity contribution in [1.29, 1.82) is 0 Å². The van der Waals surface area contributed by atoms with Crippen LogP contribution < -0.4 is 5.32 Å². The molecule has 0 aliphatic carbocycles. The van der Waals surface area contributed by atoms with Crippen LogP contribution in [0.1, 0.15) is 66.2 Å². The molecule has 0 aromatic carbocycles. The minimum atomic E-state index is -0.322. The van der Waals surface area contributed by atoms with Crippen LogP contribution >= 0.6 is 0 Å². The first-order chi connectivity index (χ1) is 12.5. The summed E-state index contributed by atoms with van der Waals surface area (Å²) in [5.74, 6) is -0.442. The fourth-order valence-corrected chi connectivity index (χ4v) is 2.40. The molecule has 0 aromatic rings. The molecular weight excluding hydrogens is 326 g/mol. The van der Waals surface area contributed by atoms with Crippen LogP contribution in [0.5, 0.6) is 0 Å². The van der Waals surface area contributed by atoms with Crippen molar-refractivity contribution in [2.24, 2.45) is 0 Å². The third-order valence-corrected chi connectivity index (χ3v) is 3.64. The molecule has 1 amide bonds. The van der Waals surface area contributed by atoms with Gasteiger partial charge in [-0.15, -0.1) is 0 Å². The summed E-state index contributed by atoms with van der Waals surface area (Å²) in [7, 11) is 0. The van der Waals surface area contributed by atoms with E-state index in [1.165, 1.54) is 13.8 Å². The average molecular weight is 362 g/mol. The van der Waals surface area contributed by atoms with Crippen LogP contribution in [0.25, 0.3) is 0 Å². The number of esters is 1. The summed E-state index contributed by atoms with van der Waals surface area (Å²) >= 11 is 0. The molecule has 0 aliphatic rings. The Bertz CT molecular complexity index is 504. The van der Waals surface area contributed by atoms with Crippen LogP contribution in [-0.4, -0.2) is 24.0 Å². The lowest BCUT2D eigenvalue weighted by Crippen LogP contribution is -2.42. The number of allylic oxidation sites excluding steroid dienone is 8. The van der Waals surface area contributed by atoms with E-state index in [0.717, 1.165) is 32.1 Å². The van der Waals surface area contributed by atoms with Crippen molar-refractivity contribution in [1.82, 2.24) is 5.32 Å². The van der Waals surface area contributed by atoms with E-state index in [4.69, 9.17) is 4.74 Å². The Morgan fingerprint density at radius 1 is 0.885 bits per heavy atom. The quantitative estimate of drug-likeness (QED) is 0.370. The summed E-state index contributed by atoms with van der Waals surface area (Å²) in [6.07, 6.45) is 22.3. The van der Waals surface area contributed by atoms with E-state index in [0.29, 0.717) is 6.42 Å². The molecule has 0 saturated heterocycles. The van der Waals surface area contributed by atoms with Gasteiger partial charge >= 0.3 is 5.97 Å². The third kappa shape index (κ3) is 15.4. The van der Waals surface area contributed by atoms with Gasteiger partial charge in [0, 0.05) is 13.8 Å². The number of carbonyl (C=O) groups is 2. The Morgan fingerprint density at radius 2 is 1.38 bits per heavy atom. The number of rotatable bonds is 13. The maximum atomic E-state index is 11.2. The molecular formula is C22H35NO3. The van der Waals surface area contributed by atoms with Crippen molar-refractivity contribution >= 4 is 11.9 Å². The SMILES string of the molecule is CCC=CCC=CCC=CCC=CCCC(OC(C)=O)C(C)NC(C)=O. The number of ether oxygens (including phenoxy) is 1. The maximum Gasteiger partial charge on any atom is 0.302 e. The molecule has 1 N–H and O–H groups in total. The minimum absolute atomic E-state index is 0.120. The molecule has 0 spiro atoms. The minimum Gasteiger partial charge on any atom is -0.460 e. The summed E-state index contributed by atoms with van der Waals surface area (Å²) in [5, 5.41) is 2.78. The number of amides is 1. The molecule has 0 aliphatic heterocycles. The molecule has 26 heavy (non-hydrogen) atoms.